The monoisotopic (exact) mass is 411 g/mol. The zero-order chi connectivity index (χ0) is 21.3. The summed E-state index contributed by atoms with van der Waals surface area (Å²) in [5, 5.41) is 12.3. The second-order valence-corrected chi connectivity index (χ2v) is 8.37. The van der Waals surface area contributed by atoms with Gasteiger partial charge in [0.15, 0.2) is 5.67 Å². The number of nitrogens with one attached hydrogen (secondary N) is 1. The Kier molecular flexibility index (Phi) is 5.51. The fraction of sp³-hybridized carbons (Fsp3) is 0.455. The van der Waals surface area contributed by atoms with E-state index in [-0.39, 0.29) is 12.8 Å². The summed E-state index contributed by atoms with van der Waals surface area (Å²) in [5.41, 5.74) is -1.10. The van der Waals surface area contributed by atoms with Crippen molar-refractivity contribution in [1.82, 2.24) is 20.1 Å². The molecule has 1 aliphatic rings. The van der Waals surface area contributed by atoms with Crippen LogP contribution in [0.4, 0.5) is 10.2 Å². The average Bonchev–Trinajstić information content (AvgIpc) is 3.15. The zero-order valence-corrected chi connectivity index (χ0v) is 17.5. The third kappa shape index (κ3) is 4.33. The molecule has 2 aromatic heterocycles. The molecule has 7 nitrogen and oxygen atoms in total. The van der Waals surface area contributed by atoms with Crippen LogP contribution in [0.1, 0.15) is 32.6 Å². The first-order chi connectivity index (χ1) is 14.3. The summed E-state index contributed by atoms with van der Waals surface area (Å²) < 4.78 is 20.7. The molecule has 0 atom stereocenters. The third-order valence-corrected chi connectivity index (χ3v) is 5.42. The van der Waals surface area contributed by atoms with Crippen molar-refractivity contribution in [2.45, 2.75) is 39.3 Å². The smallest absolute Gasteiger partial charge is 0.263 e. The standard InChI is InChI=1S/C22H26FN5O2/c1-14(2)13-28-8-6-22(23,7-9-28)21(29)25-19-11-18-10-16(4-5-17(18)12-24-19)20-27-26-15(3)30-20/h4-5,10-12,14H,6-9,13H2,1-3H3,(H,24,25,29). The summed E-state index contributed by atoms with van der Waals surface area (Å²) in [6, 6.07) is 7.38. The minimum atomic E-state index is -1.87. The summed E-state index contributed by atoms with van der Waals surface area (Å²) >= 11 is 0. The molecule has 0 saturated carbocycles. The quantitative estimate of drug-likeness (QED) is 0.683. The minimum absolute atomic E-state index is 0.194. The van der Waals surface area contributed by atoms with E-state index in [1.807, 2.05) is 18.2 Å². The number of anilines is 1. The highest BCUT2D eigenvalue weighted by Crippen LogP contribution is 2.29. The van der Waals surface area contributed by atoms with Gasteiger partial charge in [0.25, 0.3) is 5.91 Å². The van der Waals surface area contributed by atoms with Crippen molar-refractivity contribution in [3.63, 3.8) is 0 Å². The van der Waals surface area contributed by atoms with Gasteiger partial charge in [0.05, 0.1) is 0 Å². The van der Waals surface area contributed by atoms with E-state index in [1.54, 1.807) is 19.2 Å². The predicted molar refractivity (Wildman–Crippen MR) is 113 cm³/mol. The first kappa shape index (κ1) is 20.4. The number of fused-ring (bicyclic) bond motifs is 1. The topological polar surface area (TPSA) is 84.2 Å². The van der Waals surface area contributed by atoms with Gasteiger partial charge in [-0.1, -0.05) is 19.9 Å². The van der Waals surface area contributed by atoms with Gasteiger partial charge >= 0.3 is 0 Å². The molecular formula is C22H26FN5O2. The number of likely N-dealkylation sites (tertiary alicyclic amines) is 1. The van der Waals surface area contributed by atoms with E-state index in [2.05, 4.69) is 39.2 Å². The second kappa shape index (κ2) is 8.10. The van der Waals surface area contributed by atoms with Crippen molar-refractivity contribution in [3.8, 4) is 11.5 Å². The zero-order valence-electron chi connectivity index (χ0n) is 17.5. The molecule has 1 N–H and O–H groups in total. The van der Waals surface area contributed by atoms with Crippen molar-refractivity contribution in [3.05, 3.63) is 36.4 Å². The first-order valence-corrected chi connectivity index (χ1v) is 10.3. The van der Waals surface area contributed by atoms with E-state index < -0.39 is 11.6 Å². The number of hydrogen-bond acceptors (Lipinski definition) is 6. The Hall–Kier alpha value is -2.87. The Morgan fingerprint density at radius 3 is 2.67 bits per heavy atom. The number of aryl methyl sites for hydroxylation is 1. The number of hydrogen-bond donors (Lipinski definition) is 1. The molecule has 1 fully saturated rings. The molecule has 0 bridgehead atoms. The lowest BCUT2D eigenvalue weighted by Crippen LogP contribution is -2.49. The van der Waals surface area contributed by atoms with Crippen LogP contribution in [0.15, 0.2) is 34.9 Å². The van der Waals surface area contributed by atoms with Crippen LogP contribution < -0.4 is 5.32 Å². The lowest BCUT2D eigenvalue weighted by molar-refractivity contribution is -0.130. The number of halogens is 1. The van der Waals surface area contributed by atoms with E-state index in [9.17, 15) is 4.79 Å². The molecule has 8 heteroatoms. The molecule has 1 aromatic carbocycles. The SMILES string of the molecule is Cc1nnc(-c2ccc3cnc(NC(=O)C4(F)CCN(CC(C)C)CC4)cc3c2)o1. The Labute approximate surface area is 174 Å². The van der Waals surface area contributed by atoms with Gasteiger partial charge in [-0.05, 0) is 29.5 Å². The maximum absolute atomic E-state index is 15.3. The molecule has 1 amide bonds. The van der Waals surface area contributed by atoms with Crippen molar-refractivity contribution in [2.24, 2.45) is 5.92 Å². The molecule has 0 radical (unpaired) electrons. The molecule has 158 valence electrons. The highest BCUT2D eigenvalue weighted by Gasteiger charge is 2.41. The molecule has 3 heterocycles. The number of alkyl halides is 1. The fourth-order valence-electron chi connectivity index (χ4n) is 3.82. The number of benzene rings is 1. The van der Waals surface area contributed by atoms with Gasteiger partial charge in [-0.25, -0.2) is 9.37 Å². The highest BCUT2D eigenvalue weighted by atomic mass is 19.1. The summed E-state index contributed by atoms with van der Waals surface area (Å²) in [4.78, 5) is 19.2. The van der Waals surface area contributed by atoms with E-state index in [0.717, 1.165) is 22.9 Å². The summed E-state index contributed by atoms with van der Waals surface area (Å²) in [6.07, 6.45) is 2.05. The van der Waals surface area contributed by atoms with Crippen LogP contribution in [0.25, 0.3) is 22.2 Å². The fourth-order valence-corrected chi connectivity index (χ4v) is 3.82. The van der Waals surface area contributed by atoms with Gasteiger partial charge in [0.2, 0.25) is 11.8 Å². The molecular weight excluding hydrogens is 385 g/mol. The van der Waals surface area contributed by atoms with Crippen LogP contribution in [0.5, 0.6) is 0 Å². The Bertz CT molecular complexity index is 1060. The van der Waals surface area contributed by atoms with Gasteiger partial charge < -0.3 is 14.6 Å². The van der Waals surface area contributed by atoms with Crippen LogP contribution in [0.3, 0.4) is 0 Å². The number of amides is 1. The van der Waals surface area contributed by atoms with Crippen LogP contribution in [0.2, 0.25) is 0 Å². The molecule has 3 aromatic rings. The summed E-state index contributed by atoms with van der Waals surface area (Å²) in [7, 11) is 0. The lowest BCUT2D eigenvalue weighted by Gasteiger charge is -2.36. The van der Waals surface area contributed by atoms with Crippen LogP contribution in [-0.4, -0.2) is 51.3 Å². The van der Waals surface area contributed by atoms with Gasteiger partial charge in [0.1, 0.15) is 5.82 Å². The average molecular weight is 411 g/mol. The van der Waals surface area contributed by atoms with Gasteiger partial charge in [0, 0.05) is 56.5 Å². The normalized spacial score (nSPS) is 16.8. The number of carbonyl (C=O) groups is 1. The van der Waals surface area contributed by atoms with E-state index in [1.165, 1.54) is 0 Å². The maximum atomic E-state index is 15.3. The summed E-state index contributed by atoms with van der Waals surface area (Å²) in [5.74, 6) is 1.14. The van der Waals surface area contributed by atoms with Gasteiger partial charge in [-0.3, -0.25) is 4.79 Å². The molecule has 0 spiro atoms. The number of pyridine rings is 1. The van der Waals surface area contributed by atoms with Crippen molar-refractivity contribution in [1.29, 1.82) is 0 Å². The lowest BCUT2D eigenvalue weighted by atomic mass is 9.92. The van der Waals surface area contributed by atoms with Crippen LogP contribution >= 0.6 is 0 Å². The van der Waals surface area contributed by atoms with E-state index >= 15 is 4.39 Å². The Morgan fingerprint density at radius 1 is 1.23 bits per heavy atom. The molecule has 1 aliphatic heterocycles. The molecule has 4 rings (SSSR count). The van der Waals surface area contributed by atoms with Crippen molar-refractivity contribution >= 4 is 22.5 Å². The van der Waals surface area contributed by atoms with Crippen LogP contribution in [0, 0.1) is 12.8 Å². The minimum Gasteiger partial charge on any atom is -0.421 e. The van der Waals surface area contributed by atoms with Crippen molar-refractivity contribution < 1.29 is 13.6 Å². The number of piperidine rings is 1. The number of aromatic nitrogens is 3. The van der Waals surface area contributed by atoms with Crippen LogP contribution in [-0.2, 0) is 4.79 Å². The van der Waals surface area contributed by atoms with Gasteiger partial charge in [-0.2, -0.15) is 0 Å². The number of rotatable bonds is 5. The molecule has 0 aliphatic carbocycles. The molecule has 0 unspecified atom stereocenters. The van der Waals surface area contributed by atoms with E-state index in [4.69, 9.17) is 4.42 Å². The van der Waals surface area contributed by atoms with Crippen molar-refractivity contribution in [2.75, 3.05) is 25.0 Å². The third-order valence-electron chi connectivity index (χ3n) is 5.42. The summed E-state index contributed by atoms with van der Waals surface area (Å²) in [6.45, 7) is 8.10. The molecule has 1 saturated heterocycles. The second-order valence-electron chi connectivity index (χ2n) is 8.37. The number of nitrogens with zero attached hydrogens (tertiary/aromatic N) is 4. The molecule has 30 heavy (non-hydrogen) atoms. The predicted octanol–water partition coefficient (Wildman–Crippen LogP) is 3.99. The number of carbonyl (C=O) groups excluding carboxylic acids is 1. The Morgan fingerprint density at radius 2 is 2.00 bits per heavy atom. The Balaban J connectivity index is 1.48. The largest absolute Gasteiger partial charge is 0.421 e. The highest BCUT2D eigenvalue weighted by molar-refractivity contribution is 5.98. The first-order valence-electron chi connectivity index (χ1n) is 10.3. The van der Waals surface area contributed by atoms with Gasteiger partial charge in [-0.15, -0.1) is 10.2 Å². The maximum Gasteiger partial charge on any atom is 0.263 e. The van der Waals surface area contributed by atoms with E-state index in [0.29, 0.717) is 36.6 Å².